The van der Waals surface area contributed by atoms with E-state index in [4.69, 9.17) is 0 Å². The second-order valence-electron chi connectivity index (χ2n) is 8.33. The van der Waals surface area contributed by atoms with E-state index in [1.807, 2.05) is 20.8 Å². The van der Waals surface area contributed by atoms with Crippen LogP contribution in [0.4, 0.5) is 5.69 Å². The predicted molar refractivity (Wildman–Crippen MR) is 125 cm³/mol. The van der Waals surface area contributed by atoms with Gasteiger partial charge in [-0.15, -0.1) is 0 Å². The van der Waals surface area contributed by atoms with E-state index in [1.165, 1.54) is 6.07 Å². The van der Waals surface area contributed by atoms with E-state index in [1.54, 1.807) is 36.4 Å². The van der Waals surface area contributed by atoms with Crippen LogP contribution in [0.15, 0.2) is 47.4 Å². The number of hydrogen-bond donors (Lipinski definition) is 3. The van der Waals surface area contributed by atoms with Gasteiger partial charge in [-0.2, -0.15) is 0 Å². The van der Waals surface area contributed by atoms with Crippen LogP contribution in [0.2, 0.25) is 0 Å². The van der Waals surface area contributed by atoms with Crippen LogP contribution in [-0.4, -0.2) is 32.7 Å². The Hall–Kier alpha value is -3.04. The second kappa shape index (κ2) is 9.84. The molecule has 1 unspecified atom stereocenters. The number of aryl methyl sites for hydroxylation is 2. The Labute approximate surface area is 194 Å². The largest absolute Gasteiger partial charge is 0.326 e. The van der Waals surface area contributed by atoms with Gasteiger partial charge in [-0.1, -0.05) is 25.1 Å². The number of carbonyl (C=O) groups is 3. The van der Waals surface area contributed by atoms with Gasteiger partial charge < -0.3 is 5.32 Å². The van der Waals surface area contributed by atoms with Crippen molar-refractivity contribution in [3.05, 3.63) is 59.2 Å². The van der Waals surface area contributed by atoms with Gasteiger partial charge in [0.1, 0.15) is 0 Å². The van der Waals surface area contributed by atoms with Gasteiger partial charge in [-0.3, -0.25) is 19.7 Å². The van der Waals surface area contributed by atoms with Crippen molar-refractivity contribution in [1.82, 2.24) is 10.0 Å². The highest BCUT2D eigenvalue weighted by Crippen LogP contribution is 2.36. The van der Waals surface area contributed by atoms with Crippen LogP contribution in [0.3, 0.4) is 0 Å². The summed E-state index contributed by atoms with van der Waals surface area (Å²) >= 11 is 0. The molecule has 3 amide bonds. The molecule has 1 saturated heterocycles. The summed E-state index contributed by atoms with van der Waals surface area (Å²) in [6.45, 7) is 5.62. The molecule has 2 aromatic carbocycles. The molecule has 1 aliphatic heterocycles. The fourth-order valence-electron chi connectivity index (χ4n) is 3.93. The summed E-state index contributed by atoms with van der Waals surface area (Å²) in [6.07, 6.45) is 1.25. The summed E-state index contributed by atoms with van der Waals surface area (Å²) in [5.41, 5.74) is 2.44. The topological polar surface area (TPSA) is 121 Å². The molecule has 1 atom stereocenters. The predicted octanol–water partition coefficient (Wildman–Crippen LogP) is 2.69. The van der Waals surface area contributed by atoms with Crippen LogP contribution in [0, 0.1) is 13.8 Å². The Morgan fingerprint density at radius 2 is 1.76 bits per heavy atom. The molecule has 8 nitrogen and oxygen atoms in total. The van der Waals surface area contributed by atoms with Gasteiger partial charge in [0.2, 0.25) is 27.7 Å². The number of piperidine rings is 1. The summed E-state index contributed by atoms with van der Waals surface area (Å²) in [7, 11) is -3.70. The molecular formula is C24H29N3O5S. The Morgan fingerprint density at radius 3 is 2.36 bits per heavy atom. The first-order valence-corrected chi connectivity index (χ1v) is 12.4. The molecule has 33 heavy (non-hydrogen) atoms. The van der Waals surface area contributed by atoms with Gasteiger partial charge in [0, 0.05) is 25.1 Å². The highest BCUT2D eigenvalue weighted by molar-refractivity contribution is 7.89. The fraction of sp³-hybridized carbons (Fsp3) is 0.375. The van der Waals surface area contributed by atoms with E-state index in [2.05, 4.69) is 15.4 Å². The summed E-state index contributed by atoms with van der Waals surface area (Å²) in [5, 5.41) is 5.15. The Bertz CT molecular complexity index is 1180. The van der Waals surface area contributed by atoms with E-state index >= 15 is 0 Å². The van der Waals surface area contributed by atoms with Crippen molar-refractivity contribution in [3.63, 3.8) is 0 Å². The van der Waals surface area contributed by atoms with Gasteiger partial charge in [-0.25, -0.2) is 13.1 Å². The van der Waals surface area contributed by atoms with E-state index in [-0.39, 0.29) is 42.0 Å². The second-order valence-corrected chi connectivity index (χ2v) is 10.1. The molecule has 1 heterocycles. The molecule has 0 aliphatic carbocycles. The number of rotatable bonds is 8. The lowest BCUT2D eigenvalue weighted by atomic mass is 9.72. The van der Waals surface area contributed by atoms with E-state index in [0.29, 0.717) is 18.5 Å². The lowest BCUT2D eigenvalue weighted by Gasteiger charge is -2.35. The molecule has 0 radical (unpaired) electrons. The summed E-state index contributed by atoms with van der Waals surface area (Å²) in [5.74, 6) is -0.896. The van der Waals surface area contributed by atoms with E-state index in [0.717, 1.165) is 16.7 Å². The molecule has 0 saturated carbocycles. The van der Waals surface area contributed by atoms with Crippen LogP contribution in [0.1, 0.15) is 49.3 Å². The van der Waals surface area contributed by atoms with Gasteiger partial charge in [0.05, 0.1) is 10.3 Å². The van der Waals surface area contributed by atoms with Crippen molar-refractivity contribution in [1.29, 1.82) is 0 Å². The third-order valence-corrected chi connectivity index (χ3v) is 7.68. The van der Waals surface area contributed by atoms with Gasteiger partial charge in [0.15, 0.2) is 0 Å². The standard InChI is InChI=1S/C24H29N3O5S/c1-4-24(13-11-21(28)27-23(24)30)18-6-8-19(9-7-18)26-22(29)12-14-25-33(31,32)20-10-5-16(2)17(3)15-20/h5-10,15,25H,4,11-14H2,1-3H3,(H,26,29)(H,27,28,30). The zero-order valence-electron chi connectivity index (χ0n) is 19.0. The van der Waals surface area contributed by atoms with Crippen LogP contribution >= 0.6 is 0 Å². The number of carbonyl (C=O) groups excluding carboxylic acids is 3. The summed E-state index contributed by atoms with van der Waals surface area (Å²) in [4.78, 5) is 36.5. The first kappa shape index (κ1) is 24.6. The zero-order valence-corrected chi connectivity index (χ0v) is 19.8. The highest BCUT2D eigenvalue weighted by Gasteiger charge is 2.42. The minimum atomic E-state index is -3.70. The van der Waals surface area contributed by atoms with Crippen LogP contribution < -0.4 is 15.4 Å². The third kappa shape index (κ3) is 5.48. The summed E-state index contributed by atoms with van der Waals surface area (Å²) in [6, 6.07) is 11.8. The zero-order chi connectivity index (χ0) is 24.2. The smallest absolute Gasteiger partial charge is 0.240 e. The van der Waals surface area contributed by atoms with E-state index in [9.17, 15) is 22.8 Å². The van der Waals surface area contributed by atoms with Crippen LogP contribution in [0.25, 0.3) is 0 Å². The minimum absolute atomic E-state index is 0.0325. The number of sulfonamides is 1. The Morgan fingerprint density at radius 1 is 1.06 bits per heavy atom. The normalized spacial score (nSPS) is 18.6. The van der Waals surface area contributed by atoms with Crippen molar-refractivity contribution in [2.75, 3.05) is 11.9 Å². The monoisotopic (exact) mass is 471 g/mol. The molecule has 0 spiro atoms. The average molecular weight is 472 g/mol. The third-order valence-electron chi connectivity index (χ3n) is 6.22. The molecule has 0 aromatic heterocycles. The highest BCUT2D eigenvalue weighted by atomic mass is 32.2. The molecule has 1 aliphatic rings. The SMILES string of the molecule is CCC1(c2ccc(NC(=O)CCNS(=O)(=O)c3ccc(C)c(C)c3)cc2)CCC(=O)NC1=O. The molecule has 9 heteroatoms. The molecule has 3 rings (SSSR count). The van der Waals surface area contributed by atoms with E-state index < -0.39 is 15.4 Å². The number of hydrogen-bond acceptors (Lipinski definition) is 5. The molecule has 0 bridgehead atoms. The lowest BCUT2D eigenvalue weighted by molar-refractivity contribution is -0.138. The van der Waals surface area contributed by atoms with Crippen LogP contribution in [0.5, 0.6) is 0 Å². The van der Waals surface area contributed by atoms with Crippen molar-refractivity contribution in [2.45, 2.75) is 56.8 Å². The molecule has 2 aromatic rings. The van der Waals surface area contributed by atoms with Gasteiger partial charge >= 0.3 is 0 Å². The number of nitrogens with one attached hydrogen (secondary N) is 3. The molecular weight excluding hydrogens is 442 g/mol. The maximum atomic E-state index is 12.5. The number of anilines is 1. The maximum Gasteiger partial charge on any atom is 0.240 e. The maximum absolute atomic E-state index is 12.5. The van der Waals surface area contributed by atoms with Crippen molar-refractivity contribution in [2.24, 2.45) is 0 Å². The van der Waals surface area contributed by atoms with Gasteiger partial charge in [0.25, 0.3) is 0 Å². The van der Waals surface area contributed by atoms with Gasteiger partial charge in [-0.05, 0) is 67.6 Å². The summed E-state index contributed by atoms with van der Waals surface area (Å²) < 4.78 is 27.3. The number of amides is 3. The molecule has 176 valence electrons. The average Bonchev–Trinajstić information content (AvgIpc) is 2.76. The fourth-order valence-corrected chi connectivity index (χ4v) is 5.04. The van der Waals surface area contributed by atoms with Crippen molar-refractivity contribution in [3.8, 4) is 0 Å². The Kier molecular flexibility index (Phi) is 7.34. The lowest BCUT2D eigenvalue weighted by Crippen LogP contribution is -2.51. The van der Waals surface area contributed by atoms with Crippen molar-refractivity contribution < 1.29 is 22.8 Å². The van der Waals surface area contributed by atoms with Crippen molar-refractivity contribution >= 4 is 33.4 Å². The minimum Gasteiger partial charge on any atom is -0.326 e. The Balaban J connectivity index is 1.57. The first-order valence-electron chi connectivity index (χ1n) is 10.9. The molecule has 1 fully saturated rings. The molecule has 3 N–H and O–H groups in total. The van der Waals surface area contributed by atoms with Crippen LogP contribution in [-0.2, 0) is 29.8 Å². The number of imide groups is 1. The first-order chi connectivity index (χ1) is 15.6. The quantitative estimate of drug-likeness (QED) is 0.511. The number of benzene rings is 2.